The Morgan fingerprint density at radius 1 is 1.59 bits per heavy atom. The first-order valence-corrected chi connectivity index (χ1v) is 6.41. The highest BCUT2D eigenvalue weighted by atomic mass is 16.1. The topological polar surface area (TPSA) is 60.9 Å². The van der Waals surface area contributed by atoms with Crippen molar-refractivity contribution in [1.82, 2.24) is 9.78 Å². The van der Waals surface area contributed by atoms with Crippen LogP contribution in [0.4, 0.5) is 0 Å². The molecule has 0 aromatic carbocycles. The average molecular weight is 235 g/mol. The Balaban J connectivity index is 1.84. The predicted octanol–water partition coefficient (Wildman–Crippen LogP) is 1.30. The van der Waals surface area contributed by atoms with Crippen LogP contribution in [0.5, 0.6) is 0 Å². The Morgan fingerprint density at radius 3 is 3.06 bits per heavy atom. The van der Waals surface area contributed by atoms with E-state index >= 15 is 0 Å². The van der Waals surface area contributed by atoms with Crippen LogP contribution in [0.2, 0.25) is 0 Å². The number of aryl methyl sites for hydroxylation is 2. The quantitative estimate of drug-likeness (QED) is 0.836. The van der Waals surface area contributed by atoms with Crippen LogP contribution < -0.4 is 5.73 Å². The average Bonchev–Trinajstić information content (AvgIpc) is 2.94. The van der Waals surface area contributed by atoms with Crippen molar-refractivity contribution in [3.05, 3.63) is 18.0 Å². The summed E-state index contributed by atoms with van der Waals surface area (Å²) in [6, 6.07) is 0. The molecule has 1 aromatic rings. The number of hydrogen-bond acceptors (Lipinski definition) is 3. The van der Waals surface area contributed by atoms with Crippen molar-refractivity contribution in [2.24, 2.45) is 24.6 Å². The second-order valence-electron chi connectivity index (χ2n) is 5.02. The van der Waals surface area contributed by atoms with Gasteiger partial charge in [0.1, 0.15) is 5.78 Å². The lowest BCUT2D eigenvalue weighted by atomic mass is 9.89. The number of nitrogens with zero attached hydrogens (tertiary/aromatic N) is 2. The lowest BCUT2D eigenvalue weighted by molar-refractivity contribution is -0.123. The fraction of sp³-hybridized carbons (Fsp3) is 0.692. The van der Waals surface area contributed by atoms with E-state index < -0.39 is 0 Å². The molecule has 4 nitrogen and oxygen atoms in total. The summed E-state index contributed by atoms with van der Waals surface area (Å²) in [7, 11) is 1.90. The van der Waals surface area contributed by atoms with Gasteiger partial charge < -0.3 is 5.73 Å². The van der Waals surface area contributed by atoms with Gasteiger partial charge >= 0.3 is 0 Å². The Labute approximate surface area is 102 Å². The highest BCUT2D eigenvalue weighted by molar-refractivity contribution is 5.81. The summed E-state index contributed by atoms with van der Waals surface area (Å²) in [6.07, 6.45) is 8.57. The summed E-state index contributed by atoms with van der Waals surface area (Å²) in [6.45, 7) is 0.656. The fourth-order valence-corrected chi connectivity index (χ4v) is 2.80. The van der Waals surface area contributed by atoms with Crippen molar-refractivity contribution in [2.75, 3.05) is 6.54 Å². The van der Waals surface area contributed by atoms with Gasteiger partial charge in [0.15, 0.2) is 0 Å². The van der Waals surface area contributed by atoms with Gasteiger partial charge in [-0.1, -0.05) is 6.42 Å². The highest BCUT2D eigenvalue weighted by Crippen LogP contribution is 2.32. The van der Waals surface area contributed by atoms with Crippen molar-refractivity contribution in [1.29, 1.82) is 0 Å². The molecule has 1 aliphatic carbocycles. The van der Waals surface area contributed by atoms with E-state index in [0.717, 1.165) is 31.2 Å². The van der Waals surface area contributed by atoms with Crippen LogP contribution in [0.25, 0.3) is 0 Å². The van der Waals surface area contributed by atoms with E-state index in [2.05, 4.69) is 5.10 Å². The molecule has 2 N–H and O–H groups in total. The Kier molecular flexibility index (Phi) is 3.94. The number of nitrogens with two attached hydrogens (primary N) is 1. The third kappa shape index (κ3) is 2.94. The monoisotopic (exact) mass is 235 g/mol. The summed E-state index contributed by atoms with van der Waals surface area (Å²) < 4.78 is 1.78. The van der Waals surface area contributed by atoms with Crippen LogP contribution in [0.15, 0.2) is 12.4 Å². The van der Waals surface area contributed by atoms with Gasteiger partial charge in [-0.2, -0.15) is 5.10 Å². The maximum Gasteiger partial charge on any atom is 0.136 e. The molecule has 2 rings (SSSR count). The van der Waals surface area contributed by atoms with Crippen molar-refractivity contribution in [2.45, 2.75) is 32.1 Å². The van der Waals surface area contributed by atoms with E-state index in [1.54, 1.807) is 4.68 Å². The smallest absolute Gasteiger partial charge is 0.136 e. The largest absolute Gasteiger partial charge is 0.330 e. The van der Waals surface area contributed by atoms with Crippen molar-refractivity contribution >= 4 is 5.78 Å². The molecule has 17 heavy (non-hydrogen) atoms. The standard InChI is InChI=1S/C13H21N3O/c1-16-9-10(8-15-16)5-6-13(17)12-4-2-3-11(12)7-14/h8-9,11-12H,2-7,14H2,1H3. The van der Waals surface area contributed by atoms with Gasteiger partial charge in [-0.15, -0.1) is 0 Å². The van der Waals surface area contributed by atoms with Crippen LogP contribution in [0, 0.1) is 11.8 Å². The SMILES string of the molecule is Cn1cc(CCC(=O)C2CCCC2CN)cn1. The Bertz CT molecular complexity index is 386. The van der Waals surface area contributed by atoms with Gasteiger partial charge in [0.05, 0.1) is 6.20 Å². The molecule has 0 radical (unpaired) electrons. The molecule has 94 valence electrons. The van der Waals surface area contributed by atoms with Gasteiger partial charge in [0.25, 0.3) is 0 Å². The Hall–Kier alpha value is -1.16. The highest BCUT2D eigenvalue weighted by Gasteiger charge is 2.31. The zero-order chi connectivity index (χ0) is 12.3. The number of carbonyl (C=O) groups excluding carboxylic acids is 1. The van der Waals surface area contributed by atoms with Crippen molar-refractivity contribution in [3.63, 3.8) is 0 Å². The lowest BCUT2D eigenvalue weighted by Crippen LogP contribution is -2.25. The van der Waals surface area contributed by atoms with Gasteiger partial charge in [-0.3, -0.25) is 9.48 Å². The lowest BCUT2D eigenvalue weighted by Gasteiger charge is -2.16. The summed E-state index contributed by atoms with van der Waals surface area (Å²) in [4.78, 5) is 12.1. The molecule has 2 atom stereocenters. The molecule has 1 aliphatic rings. The molecule has 1 fully saturated rings. The molecule has 0 aliphatic heterocycles. The summed E-state index contributed by atoms with van der Waals surface area (Å²) in [5.41, 5.74) is 6.85. The molecule has 2 unspecified atom stereocenters. The number of Topliss-reactive ketones (excluding diaryl/α,β-unsaturated/α-hetero) is 1. The van der Waals surface area contributed by atoms with Crippen LogP contribution in [-0.2, 0) is 18.3 Å². The summed E-state index contributed by atoms with van der Waals surface area (Å²) >= 11 is 0. The van der Waals surface area contributed by atoms with Gasteiger partial charge in [0, 0.05) is 25.6 Å². The van der Waals surface area contributed by atoms with Crippen LogP contribution in [-0.4, -0.2) is 22.1 Å². The second-order valence-corrected chi connectivity index (χ2v) is 5.02. The zero-order valence-electron chi connectivity index (χ0n) is 10.4. The number of aromatic nitrogens is 2. The first kappa shape index (κ1) is 12.3. The number of carbonyl (C=O) groups is 1. The van der Waals surface area contributed by atoms with Gasteiger partial charge in [-0.05, 0) is 37.3 Å². The van der Waals surface area contributed by atoms with E-state index in [9.17, 15) is 4.79 Å². The van der Waals surface area contributed by atoms with Gasteiger partial charge in [-0.25, -0.2) is 0 Å². The normalized spacial score (nSPS) is 24.1. The molecule has 1 saturated carbocycles. The maximum absolute atomic E-state index is 12.1. The van der Waals surface area contributed by atoms with Gasteiger partial charge in [0.2, 0.25) is 0 Å². The molecule has 4 heteroatoms. The zero-order valence-corrected chi connectivity index (χ0v) is 10.4. The van der Waals surface area contributed by atoms with E-state index in [1.807, 2.05) is 19.4 Å². The van der Waals surface area contributed by atoms with E-state index in [1.165, 1.54) is 0 Å². The molecule has 1 heterocycles. The summed E-state index contributed by atoms with van der Waals surface area (Å²) in [5, 5.41) is 4.11. The first-order chi connectivity index (χ1) is 8.20. The minimum atomic E-state index is 0.219. The number of hydrogen-bond donors (Lipinski definition) is 1. The van der Waals surface area contributed by atoms with Crippen LogP contribution in [0.1, 0.15) is 31.2 Å². The van der Waals surface area contributed by atoms with E-state index in [0.29, 0.717) is 24.7 Å². The van der Waals surface area contributed by atoms with Crippen LogP contribution >= 0.6 is 0 Å². The van der Waals surface area contributed by atoms with Crippen LogP contribution in [0.3, 0.4) is 0 Å². The third-order valence-corrected chi connectivity index (χ3v) is 3.79. The molecule has 0 amide bonds. The van der Waals surface area contributed by atoms with Crippen molar-refractivity contribution < 1.29 is 4.79 Å². The third-order valence-electron chi connectivity index (χ3n) is 3.79. The van der Waals surface area contributed by atoms with E-state index in [4.69, 9.17) is 5.73 Å². The molecule has 0 bridgehead atoms. The first-order valence-electron chi connectivity index (χ1n) is 6.41. The molecular weight excluding hydrogens is 214 g/mol. The molecule has 1 aromatic heterocycles. The number of rotatable bonds is 5. The molecular formula is C13H21N3O. The molecule has 0 spiro atoms. The predicted molar refractivity (Wildman–Crippen MR) is 66.4 cm³/mol. The van der Waals surface area contributed by atoms with E-state index in [-0.39, 0.29) is 5.92 Å². The maximum atomic E-state index is 12.1. The Morgan fingerprint density at radius 2 is 2.41 bits per heavy atom. The number of ketones is 1. The minimum Gasteiger partial charge on any atom is -0.330 e. The summed E-state index contributed by atoms with van der Waals surface area (Å²) in [5.74, 6) is 1.04. The molecule has 0 saturated heterocycles. The fourth-order valence-electron chi connectivity index (χ4n) is 2.80. The van der Waals surface area contributed by atoms with Crippen molar-refractivity contribution in [3.8, 4) is 0 Å². The second kappa shape index (κ2) is 5.45. The minimum absolute atomic E-state index is 0.219.